The molecule has 0 N–H and O–H groups in total. The third-order valence-corrected chi connectivity index (χ3v) is 9.14. The third-order valence-electron chi connectivity index (χ3n) is 7.30. The first kappa shape index (κ1) is 27.6. The predicted octanol–water partition coefficient (Wildman–Crippen LogP) is 9.28. The number of halogens is 3. The maximum Gasteiger partial charge on any atom is 0.446 e. The normalized spacial score (nSPS) is 18.0. The molecule has 2 aromatic heterocycles. The number of benzene rings is 2. The largest absolute Gasteiger partial charge is 0.446 e. The average molecular weight is 571 g/mol. The lowest BCUT2D eigenvalue weighted by atomic mass is 9.82. The van der Waals surface area contributed by atoms with Crippen LogP contribution in [0, 0.1) is 12.8 Å². The van der Waals surface area contributed by atoms with E-state index in [0.29, 0.717) is 35.3 Å². The Morgan fingerprint density at radius 1 is 1.08 bits per heavy atom. The summed E-state index contributed by atoms with van der Waals surface area (Å²) in [5, 5.41) is 0. The fourth-order valence-corrected chi connectivity index (χ4v) is 7.01. The van der Waals surface area contributed by atoms with Crippen molar-refractivity contribution in [3.8, 4) is 11.4 Å². The van der Waals surface area contributed by atoms with E-state index in [9.17, 15) is 22.8 Å². The molecule has 39 heavy (non-hydrogen) atoms. The van der Waals surface area contributed by atoms with Gasteiger partial charge in [0.2, 0.25) is 0 Å². The monoisotopic (exact) mass is 570 g/mol. The van der Waals surface area contributed by atoms with Gasteiger partial charge >= 0.3 is 5.51 Å². The van der Waals surface area contributed by atoms with Crippen LogP contribution in [0.3, 0.4) is 0 Å². The van der Waals surface area contributed by atoms with Gasteiger partial charge in [0.15, 0.2) is 11.6 Å². The van der Waals surface area contributed by atoms with Crippen LogP contribution in [0.1, 0.15) is 76.4 Å². The number of imidazole rings is 1. The lowest BCUT2D eigenvalue weighted by Crippen LogP contribution is -2.22. The number of nitrogens with zero attached hydrogens (tertiary/aromatic N) is 2. The van der Waals surface area contributed by atoms with Gasteiger partial charge in [0.1, 0.15) is 5.82 Å². The van der Waals surface area contributed by atoms with Gasteiger partial charge in [-0.25, -0.2) is 4.98 Å². The molecule has 0 saturated heterocycles. The first-order chi connectivity index (χ1) is 18.6. The minimum atomic E-state index is -4.44. The van der Waals surface area contributed by atoms with Gasteiger partial charge in [0, 0.05) is 39.8 Å². The SMILES string of the molecule is CCC(=O)c1ccc2c(c1)nc(-c1ccccc1SC(F)(F)F)n2[C@H]1CCC[C@@H](CC(=O)c2ccc(C)s2)C1. The molecule has 1 aliphatic carbocycles. The maximum atomic E-state index is 13.5. The van der Waals surface area contributed by atoms with Crippen molar-refractivity contribution in [1.29, 1.82) is 0 Å². The summed E-state index contributed by atoms with van der Waals surface area (Å²) in [5.41, 5.74) is -2.12. The molecule has 5 rings (SSSR count). The average Bonchev–Trinajstić information content (AvgIpc) is 3.51. The summed E-state index contributed by atoms with van der Waals surface area (Å²) in [5.74, 6) is 0.763. The van der Waals surface area contributed by atoms with Gasteiger partial charge in [0.05, 0.1) is 15.9 Å². The van der Waals surface area contributed by atoms with E-state index in [0.717, 1.165) is 41.0 Å². The van der Waals surface area contributed by atoms with E-state index in [1.165, 1.54) is 17.4 Å². The highest BCUT2D eigenvalue weighted by atomic mass is 32.2. The summed E-state index contributed by atoms with van der Waals surface area (Å²) in [6.07, 6.45) is 4.23. The lowest BCUT2D eigenvalue weighted by molar-refractivity contribution is -0.0328. The zero-order chi connectivity index (χ0) is 27.7. The van der Waals surface area contributed by atoms with Crippen LogP contribution in [0.2, 0.25) is 0 Å². The Kier molecular flexibility index (Phi) is 8.01. The van der Waals surface area contributed by atoms with E-state index in [1.54, 1.807) is 37.3 Å². The minimum Gasteiger partial charge on any atom is -0.321 e. The summed E-state index contributed by atoms with van der Waals surface area (Å²) >= 11 is 1.37. The Balaban J connectivity index is 1.56. The summed E-state index contributed by atoms with van der Waals surface area (Å²) in [6, 6.07) is 15.6. The highest BCUT2D eigenvalue weighted by Crippen LogP contribution is 2.45. The van der Waals surface area contributed by atoms with E-state index in [4.69, 9.17) is 4.98 Å². The molecule has 9 heteroatoms. The van der Waals surface area contributed by atoms with Gasteiger partial charge in [-0.05, 0) is 80.3 Å². The first-order valence-corrected chi connectivity index (χ1v) is 14.8. The standard InChI is InChI=1S/C30H29F3N2O2S2/c1-3-25(36)20-12-13-24-23(17-20)34-29(22-9-4-5-10-27(22)39-30(31,32)33)35(24)21-8-6-7-19(15-21)16-26(37)28-14-11-18(2)38-28/h4-5,9-14,17,19,21H,3,6-8,15-16H2,1-2H3/t19-,21+/m1/s1. The van der Waals surface area contributed by atoms with Crippen LogP contribution in [0.4, 0.5) is 13.2 Å². The zero-order valence-corrected chi connectivity index (χ0v) is 23.4. The number of hydrogen-bond acceptors (Lipinski definition) is 5. The molecule has 0 spiro atoms. The molecule has 4 nitrogen and oxygen atoms in total. The molecule has 1 fully saturated rings. The lowest BCUT2D eigenvalue weighted by Gasteiger charge is -2.31. The number of Topliss-reactive ketones (excluding diaryl/α,β-unsaturated/α-hetero) is 2. The van der Waals surface area contributed by atoms with Crippen LogP contribution >= 0.6 is 23.1 Å². The van der Waals surface area contributed by atoms with E-state index >= 15 is 0 Å². The van der Waals surface area contributed by atoms with Gasteiger partial charge in [-0.3, -0.25) is 9.59 Å². The molecule has 1 saturated carbocycles. The maximum absolute atomic E-state index is 13.5. The third kappa shape index (κ3) is 6.14. The van der Waals surface area contributed by atoms with Crippen molar-refractivity contribution in [2.24, 2.45) is 5.92 Å². The topological polar surface area (TPSA) is 52.0 Å². The Labute approximate surface area is 233 Å². The number of ketones is 2. The Hall–Kier alpha value is -2.91. The van der Waals surface area contributed by atoms with Gasteiger partial charge < -0.3 is 4.57 Å². The van der Waals surface area contributed by atoms with Crippen molar-refractivity contribution in [2.75, 3.05) is 0 Å². The highest BCUT2D eigenvalue weighted by Gasteiger charge is 2.33. The first-order valence-electron chi connectivity index (χ1n) is 13.1. The van der Waals surface area contributed by atoms with Crippen LogP contribution < -0.4 is 0 Å². The Morgan fingerprint density at radius 2 is 1.87 bits per heavy atom. The summed E-state index contributed by atoms with van der Waals surface area (Å²) < 4.78 is 42.4. The van der Waals surface area contributed by atoms with E-state index in [1.807, 2.05) is 25.1 Å². The highest BCUT2D eigenvalue weighted by molar-refractivity contribution is 8.00. The van der Waals surface area contributed by atoms with Crippen molar-refractivity contribution in [2.45, 2.75) is 68.8 Å². The second-order valence-electron chi connectivity index (χ2n) is 10.1. The zero-order valence-electron chi connectivity index (χ0n) is 21.8. The van der Waals surface area contributed by atoms with E-state index < -0.39 is 5.51 Å². The van der Waals surface area contributed by atoms with Crippen LogP contribution in [0.25, 0.3) is 22.4 Å². The van der Waals surface area contributed by atoms with E-state index in [2.05, 4.69) is 4.57 Å². The summed E-state index contributed by atoms with van der Waals surface area (Å²) in [4.78, 5) is 32.2. The van der Waals surface area contributed by atoms with Crippen LogP contribution in [-0.4, -0.2) is 26.6 Å². The van der Waals surface area contributed by atoms with E-state index in [-0.39, 0.29) is 40.2 Å². The Morgan fingerprint density at radius 3 is 2.59 bits per heavy atom. The number of hydrogen-bond donors (Lipinski definition) is 0. The number of thiophene rings is 1. The summed E-state index contributed by atoms with van der Waals surface area (Å²) in [6.45, 7) is 3.78. The molecule has 4 aromatic rings. The van der Waals surface area contributed by atoms with Gasteiger partial charge in [0.25, 0.3) is 0 Å². The second-order valence-corrected chi connectivity index (χ2v) is 12.4. The van der Waals surface area contributed by atoms with Gasteiger partial charge in [-0.2, -0.15) is 13.2 Å². The molecule has 0 bridgehead atoms. The predicted molar refractivity (Wildman–Crippen MR) is 151 cm³/mol. The number of aromatic nitrogens is 2. The number of alkyl halides is 3. The molecule has 2 aromatic carbocycles. The number of fused-ring (bicyclic) bond motifs is 1. The molecular weight excluding hydrogens is 541 g/mol. The van der Waals surface area contributed by atoms with Crippen LogP contribution in [0.5, 0.6) is 0 Å². The van der Waals surface area contributed by atoms with Crippen molar-refractivity contribution < 1.29 is 22.8 Å². The Bertz CT molecular complexity index is 1520. The number of aryl methyl sites for hydroxylation is 1. The van der Waals surface area contributed by atoms with Crippen molar-refractivity contribution in [3.63, 3.8) is 0 Å². The molecule has 204 valence electrons. The van der Waals surface area contributed by atoms with Crippen molar-refractivity contribution in [1.82, 2.24) is 9.55 Å². The molecule has 2 atom stereocenters. The van der Waals surface area contributed by atoms with Gasteiger partial charge in [-0.1, -0.05) is 31.5 Å². The minimum absolute atomic E-state index is 0.0129. The molecular formula is C30H29F3N2O2S2. The number of carbonyl (C=O) groups excluding carboxylic acids is 2. The van der Waals surface area contributed by atoms with Gasteiger partial charge in [-0.15, -0.1) is 11.3 Å². The smallest absolute Gasteiger partial charge is 0.321 e. The molecule has 0 amide bonds. The van der Waals surface area contributed by atoms with Crippen LogP contribution in [0.15, 0.2) is 59.5 Å². The number of rotatable bonds is 8. The summed E-state index contributed by atoms with van der Waals surface area (Å²) in [7, 11) is 0. The second kappa shape index (κ2) is 11.3. The fourth-order valence-electron chi connectivity index (χ4n) is 5.53. The number of thioether (sulfide) groups is 1. The van der Waals surface area contributed by atoms with Crippen molar-refractivity contribution >= 4 is 45.7 Å². The number of carbonyl (C=O) groups is 2. The van der Waals surface area contributed by atoms with Crippen LogP contribution in [-0.2, 0) is 0 Å². The molecule has 0 aliphatic heterocycles. The fraction of sp³-hybridized carbons (Fsp3) is 0.367. The molecule has 0 radical (unpaired) electrons. The molecule has 0 unspecified atom stereocenters. The quantitative estimate of drug-likeness (QED) is 0.156. The molecule has 2 heterocycles. The molecule has 1 aliphatic rings. The van der Waals surface area contributed by atoms with Crippen molar-refractivity contribution in [3.05, 3.63) is 69.9 Å².